The van der Waals surface area contributed by atoms with Gasteiger partial charge in [0.1, 0.15) is 17.5 Å². The Kier molecular flexibility index (Phi) is 9.58. The molecule has 0 unspecified atom stereocenters. The molecule has 1 heterocycles. The minimum absolute atomic E-state index is 0.0288. The minimum atomic E-state index is -1.64. The third kappa shape index (κ3) is 6.59. The molecule has 4 atom stereocenters. The van der Waals surface area contributed by atoms with Crippen LogP contribution in [0.15, 0.2) is 42.5 Å². The van der Waals surface area contributed by atoms with Crippen LogP contribution in [0.25, 0.3) is 11.1 Å². The van der Waals surface area contributed by atoms with Gasteiger partial charge in [-0.15, -0.1) is 0 Å². The quantitative estimate of drug-likeness (QED) is 0.417. The summed E-state index contributed by atoms with van der Waals surface area (Å²) in [5.74, 6) is -0.547. The minimum Gasteiger partial charge on any atom is -0.453 e. The summed E-state index contributed by atoms with van der Waals surface area (Å²) in [7, 11) is 1.29. The Bertz CT molecular complexity index is 1160. The van der Waals surface area contributed by atoms with Crippen LogP contribution in [0.3, 0.4) is 0 Å². The summed E-state index contributed by atoms with van der Waals surface area (Å²) in [6.45, 7) is 3.14. The molecule has 1 aliphatic carbocycles. The van der Waals surface area contributed by atoms with E-state index in [1.165, 1.54) is 13.2 Å². The molecule has 8 nitrogen and oxygen atoms in total. The summed E-state index contributed by atoms with van der Waals surface area (Å²) in [6, 6.07) is 12.4. The maximum absolute atomic E-state index is 15.6. The number of carbonyl (C=O) groups excluding carboxylic acids is 2. The first-order valence-corrected chi connectivity index (χ1v) is 13.8. The highest BCUT2D eigenvalue weighted by molar-refractivity contribution is 5.79. The number of nitrogens with two attached hydrogens (primary N) is 1. The molecule has 2 fully saturated rings. The van der Waals surface area contributed by atoms with Crippen LogP contribution in [0, 0.1) is 11.7 Å². The summed E-state index contributed by atoms with van der Waals surface area (Å²) in [6.07, 6.45) is 2.21. The lowest BCUT2D eigenvalue weighted by Crippen LogP contribution is -2.55. The highest BCUT2D eigenvalue weighted by Crippen LogP contribution is 2.41. The Morgan fingerprint density at radius 3 is 2.77 bits per heavy atom. The lowest BCUT2D eigenvalue weighted by Gasteiger charge is -2.43. The number of nitrogens with zero attached hydrogens (tertiary/aromatic N) is 1. The number of aliphatic hydroxyl groups is 1. The normalized spacial score (nSPS) is 22.8. The summed E-state index contributed by atoms with van der Waals surface area (Å²) in [5, 5.41) is 15.1. The molecule has 4 rings (SSSR count). The summed E-state index contributed by atoms with van der Waals surface area (Å²) < 4.78 is 26.3. The fourth-order valence-corrected chi connectivity index (χ4v) is 5.85. The van der Waals surface area contributed by atoms with Gasteiger partial charge < -0.3 is 30.5 Å². The van der Waals surface area contributed by atoms with Crippen LogP contribution in [0.1, 0.15) is 50.2 Å². The number of morpholine rings is 1. The monoisotopic (exact) mass is 541 g/mol. The molecule has 2 aromatic carbocycles. The second kappa shape index (κ2) is 12.9. The molecule has 0 aromatic heterocycles. The van der Waals surface area contributed by atoms with Gasteiger partial charge in [0.25, 0.3) is 0 Å². The predicted molar refractivity (Wildman–Crippen MR) is 146 cm³/mol. The largest absolute Gasteiger partial charge is 0.453 e. The third-order valence-electron chi connectivity index (χ3n) is 8.03. The van der Waals surface area contributed by atoms with Crippen molar-refractivity contribution >= 4 is 12.0 Å². The van der Waals surface area contributed by atoms with Crippen LogP contribution < -0.4 is 11.1 Å². The van der Waals surface area contributed by atoms with E-state index in [9.17, 15) is 14.7 Å². The number of amides is 2. The van der Waals surface area contributed by atoms with Crippen molar-refractivity contribution in [1.82, 2.24) is 10.2 Å². The van der Waals surface area contributed by atoms with Crippen LogP contribution in [0.2, 0.25) is 0 Å². The zero-order valence-corrected chi connectivity index (χ0v) is 22.8. The van der Waals surface area contributed by atoms with Gasteiger partial charge in [0.2, 0.25) is 5.91 Å². The molecule has 2 aromatic rings. The summed E-state index contributed by atoms with van der Waals surface area (Å²) in [4.78, 5) is 26.7. The van der Waals surface area contributed by atoms with E-state index in [1.807, 2.05) is 31.2 Å². The van der Waals surface area contributed by atoms with Crippen LogP contribution in [-0.2, 0) is 26.3 Å². The van der Waals surface area contributed by atoms with Crippen molar-refractivity contribution < 1.29 is 28.6 Å². The SMILES string of the molecule is CCc1cccc(-c2c(F)cccc2[C@](O)(CCCNC(=O)OC)[C@H]2CN(C(=O)[C@@H]3CC[C@H](N)C3)CCO2)c1. The van der Waals surface area contributed by atoms with E-state index in [1.54, 1.807) is 17.0 Å². The van der Waals surface area contributed by atoms with Crippen LogP contribution >= 0.6 is 0 Å². The van der Waals surface area contributed by atoms with E-state index in [-0.39, 0.29) is 44.0 Å². The number of alkyl carbamates (subject to hydrolysis) is 1. The molecular formula is C30H40FN3O5. The topological polar surface area (TPSA) is 114 Å². The molecule has 1 saturated carbocycles. The number of aryl methyl sites for hydroxylation is 1. The van der Waals surface area contributed by atoms with Gasteiger partial charge >= 0.3 is 6.09 Å². The lowest BCUT2D eigenvalue weighted by molar-refractivity contribution is -0.167. The highest BCUT2D eigenvalue weighted by atomic mass is 19.1. The Hall–Kier alpha value is -3.01. The number of hydrogen-bond donors (Lipinski definition) is 3. The lowest BCUT2D eigenvalue weighted by atomic mass is 9.78. The van der Waals surface area contributed by atoms with E-state index >= 15 is 4.39 Å². The number of methoxy groups -OCH3 is 1. The van der Waals surface area contributed by atoms with E-state index in [0.717, 1.165) is 24.8 Å². The molecule has 0 bridgehead atoms. The van der Waals surface area contributed by atoms with Gasteiger partial charge in [-0.05, 0) is 61.3 Å². The third-order valence-corrected chi connectivity index (χ3v) is 8.03. The van der Waals surface area contributed by atoms with E-state index < -0.39 is 23.6 Å². The first kappa shape index (κ1) is 29.0. The molecule has 9 heteroatoms. The molecule has 212 valence electrons. The number of rotatable bonds is 9. The fraction of sp³-hybridized carbons (Fsp3) is 0.533. The van der Waals surface area contributed by atoms with Crippen LogP contribution in [0.4, 0.5) is 9.18 Å². The maximum atomic E-state index is 15.6. The van der Waals surface area contributed by atoms with Crippen LogP contribution in [-0.4, -0.2) is 67.5 Å². The smallest absolute Gasteiger partial charge is 0.406 e. The molecule has 2 aliphatic rings. The van der Waals surface area contributed by atoms with Gasteiger partial charge in [0, 0.05) is 30.6 Å². The average molecular weight is 542 g/mol. The zero-order chi connectivity index (χ0) is 28.0. The van der Waals surface area contributed by atoms with Crippen molar-refractivity contribution in [3.63, 3.8) is 0 Å². The fourth-order valence-electron chi connectivity index (χ4n) is 5.85. The van der Waals surface area contributed by atoms with Crippen molar-refractivity contribution in [3.05, 3.63) is 59.4 Å². The van der Waals surface area contributed by atoms with Crippen molar-refractivity contribution in [2.24, 2.45) is 11.7 Å². The average Bonchev–Trinajstić information content (AvgIpc) is 3.40. The van der Waals surface area contributed by atoms with Crippen molar-refractivity contribution in [3.8, 4) is 11.1 Å². The second-order valence-electron chi connectivity index (χ2n) is 10.6. The Morgan fingerprint density at radius 2 is 2.05 bits per heavy atom. The van der Waals surface area contributed by atoms with E-state index in [0.29, 0.717) is 36.1 Å². The van der Waals surface area contributed by atoms with Gasteiger partial charge in [-0.25, -0.2) is 9.18 Å². The molecule has 1 aliphatic heterocycles. The maximum Gasteiger partial charge on any atom is 0.406 e. The Balaban J connectivity index is 1.69. The van der Waals surface area contributed by atoms with Crippen molar-refractivity contribution in [2.75, 3.05) is 33.4 Å². The number of benzene rings is 2. The zero-order valence-electron chi connectivity index (χ0n) is 22.8. The van der Waals surface area contributed by atoms with Gasteiger partial charge in [-0.3, -0.25) is 4.79 Å². The van der Waals surface area contributed by atoms with Gasteiger partial charge in [-0.2, -0.15) is 0 Å². The first-order chi connectivity index (χ1) is 18.8. The number of ether oxygens (including phenoxy) is 2. The molecule has 2 amide bonds. The van der Waals surface area contributed by atoms with Gasteiger partial charge in [0.15, 0.2) is 0 Å². The number of hydrogen-bond acceptors (Lipinski definition) is 6. The Morgan fingerprint density at radius 1 is 1.26 bits per heavy atom. The highest BCUT2D eigenvalue weighted by Gasteiger charge is 2.45. The molecule has 4 N–H and O–H groups in total. The summed E-state index contributed by atoms with van der Waals surface area (Å²) in [5.41, 5.74) is 6.85. The van der Waals surface area contributed by atoms with E-state index in [2.05, 4.69) is 10.1 Å². The molecular weight excluding hydrogens is 501 g/mol. The summed E-state index contributed by atoms with van der Waals surface area (Å²) >= 11 is 0. The molecule has 0 spiro atoms. The van der Waals surface area contributed by atoms with Gasteiger partial charge in [-0.1, -0.05) is 43.3 Å². The number of carbonyl (C=O) groups is 2. The van der Waals surface area contributed by atoms with E-state index in [4.69, 9.17) is 10.5 Å². The van der Waals surface area contributed by atoms with Crippen LogP contribution in [0.5, 0.6) is 0 Å². The molecule has 39 heavy (non-hydrogen) atoms. The molecule has 0 radical (unpaired) electrons. The Labute approximate surface area is 229 Å². The predicted octanol–water partition coefficient (Wildman–Crippen LogP) is 3.73. The number of halogens is 1. The van der Waals surface area contributed by atoms with Gasteiger partial charge in [0.05, 0.1) is 20.3 Å². The standard InChI is InChI=1S/C30H40FN3O5/c1-3-20-7-4-8-21(17-20)27-24(9-5-10-25(27)31)30(37,13-6-14-33-29(36)38-2)26-19-34(15-16-39-26)28(35)22-11-12-23(32)18-22/h4-5,7-10,17,22-23,26,37H,3,6,11-16,18-19,32H2,1-2H3,(H,33,36)/t22-,23+,26-,30-/m1/s1. The molecule has 1 saturated heterocycles. The van der Waals surface area contributed by atoms with Crippen molar-refractivity contribution in [2.45, 2.75) is 63.2 Å². The first-order valence-electron chi connectivity index (χ1n) is 13.8. The van der Waals surface area contributed by atoms with Crippen molar-refractivity contribution in [1.29, 1.82) is 0 Å². The second-order valence-corrected chi connectivity index (χ2v) is 10.6. The number of nitrogens with one attached hydrogen (secondary N) is 1.